The quantitative estimate of drug-likeness (QED) is 0.368. The Morgan fingerprint density at radius 2 is 1.95 bits per heavy atom. The lowest BCUT2D eigenvalue weighted by Crippen LogP contribution is -2.22. The molecule has 0 aliphatic carbocycles. The highest BCUT2D eigenvalue weighted by Crippen LogP contribution is 2.30. The van der Waals surface area contributed by atoms with Crippen molar-refractivity contribution in [2.24, 2.45) is 5.11 Å². The maximum Gasteiger partial charge on any atom is 0.261 e. The van der Waals surface area contributed by atoms with Crippen molar-refractivity contribution in [1.82, 2.24) is 10.3 Å². The molecule has 92 valence electrons. The van der Waals surface area contributed by atoms with Crippen LogP contribution < -0.4 is 5.32 Å². The SMILES string of the molecule is [N-]=[N+]=NC1=C(c2c[nH]c3ccccc23)C(=O)NC1=O. The van der Waals surface area contributed by atoms with Gasteiger partial charge < -0.3 is 4.98 Å². The van der Waals surface area contributed by atoms with Gasteiger partial charge in [0.2, 0.25) is 0 Å². The van der Waals surface area contributed by atoms with Crippen LogP contribution in [0.15, 0.2) is 41.3 Å². The van der Waals surface area contributed by atoms with Crippen molar-refractivity contribution >= 4 is 28.3 Å². The molecule has 19 heavy (non-hydrogen) atoms. The first-order chi connectivity index (χ1) is 9.22. The summed E-state index contributed by atoms with van der Waals surface area (Å²) in [4.78, 5) is 29.0. The number of aromatic nitrogens is 1. The van der Waals surface area contributed by atoms with Crippen LogP contribution in [0.5, 0.6) is 0 Å². The minimum atomic E-state index is -0.678. The largest absolute Gasteiger partial charge is 0.361 e. The average Bonchev–Trinajstić information content (AvgIpc) is 2.92. The number of rotatable bonds is 2. The third-order valence-corrected chi connectivity index (χ3v) is 2.91. The number of aromatic amines is 1. The summed E-state index contributed by atoms with van der Waals surface area (Å²) >= 11 is 0. The van der Waals surface area contributed by atoms with Gasteiger partial charge in [0.1, 0.15) is 5.70 Å². The molecular formula is C12H7N5O2. The van der Waals surface area contributed by atoms with Crippen LogP contribution in [0.4, 0.5) is 0 Å². The number of imide groups is 1. The van der Waals surface area contributed by atoms with Crippen molar-refractivity contribution in [2.45, 2.75) is 0 Å². The van der Waals surface area contributed by atoms with Crippen LogP contribution in [0.2, 0.25) is 0 Å². The van der Waals surface area contributed by atoms with Crippen LogP contribution in [0.25, 0.3) is 26.9 Å². The van der Waals surface area contributed by atoms with E-state index in [0.717, 1.165) is 10.9 Å². The average molecular weight is 253 g/mol. The molecule has 0 radical (unpaired) electrons. The van der Waals surface area contributed by atoms with Crippen molar-refractivity contribution in [1.29, 1.82) is 0 Å². The van der Waals surface area contributed by atoms with E-state index in [4.69, 9.17) is 5.53 Å². The molecule has 0 atom stereocenters. The zero-order chi connectivity index (χ0) is 13.4. The van der Waals surface area contributed by atoms with E-state index >= 15 is 0 Å². The number of nitrogens with zero attached hydrogens (tertiary/aromatic N) is 3. The van der Waals surface area contributed by atoms with Gasteiger partial charge in [-0.2, -0.15) is 0 Å². The van der Waals surface area contributed by atoms with Crippen molar-refractivity contribution in [3.05, 3.63) is 52.2 Å². The van der Waals surface area contributed by atoms with Gasteiger partial charge in [0.15, 0.2) is 0 Å². The first-order valence-corrected chi connectivity index (χ1v) is 5.44. The Hall–Kier alpha value is -3.05. The van der Waals surface area contributed by atoms with Crippen LogP contribution in [-0.4, -0.2) is 16.8 Å². The standard InChI is InChI=1S/C12H7N5O2/c13-17-16-10-9(11(18)15-12(10)19)7-5-14-8-4-2-1-3-6(7)8/h1-5,14H,(H,15,18,19). The van der Waals surface area contributed by atoms with Gasteiger partial charge in [0, 0.05) is 27.6 Å². The zero-order valence-corrected chi connectivity index (χ0v) is 9.54. The molecule has 1 aromatic carbocycles. The van der Waals surface area contributed by atoms with E-state index in [1.165, 1.54) is 0 Å². The molecule has 2 amide bonds. The summed E-state index contributed by atoms with van der Waals surface area (Å²) in [5.41, 5.74) is 9.76. The normalized spacial score (nSPS) is 14.7. The molecule has 0 saturated heterocycles. The Kier molecular flexibility index (Phi) is 2.33. The van der Waals surface area contributed by atoms with E-state index < -0.39 is 11.8 Å². The van der Waals surface area contributed by atoms with Crippen LogP contribution in [0.3, 0.4) is 0 Å². The van der Waals surface area contributed by atoms with Gasteiger partial charge in [-0.05, 0) is 11.6 Å². The molecule has 0 bridgehead atoms. The van der Waals surface area contributed by atoms with Crippen molar-refractivity contribution in [2.75, 3.05) is 0 Å². The Morgan fingerprint density at radius 1 is 1.16 bits per heavy atom. The Morgan fingerprint density at radius 3 is 2.74 bits per heavy atom. The Bertz CT molecular complexity index is 795. The maximum atomic E-state index is 11.8. The Balaban J connectivity index is 2.32. The van der Waals surface area contributed by atoms with Crippen LogP contribution in [0.1, 0.15) is 5.56 Å². The monoisotopic (exact) mass is 253 g/mol. The fourth-order valence-electron chi connectivity index (χ4n) is 2.11. The zero-order valence-electron chi connectivity index (χ0n) is 9.54. The van der Waals surface area contributed by atoms with E-state index in [1.54, 1.807) is 6.20 Å². The number of hydrogen-bond donors (Lipinski definition) is 2. The molecule has 2 heterocycles. The summed E-state index contributed by atoms with van der Waals surface area (Å²) in [7, 11) is 0. The summed E-state index contributed by atoms with van der Waals surface area (Å²) in [6, 6.07) is 7.34. The molecule has 2 N–H and O–H groups in total. The summed E-state index contributed by atoms with van der Waals surface area (Å²) in [5.74, 6) is -1.24. The van der Waals surface area contributed by atoms with Crippen molar-refractivity contribution in [3.63, 3.8) is 0 Å². The van der Waals surface area contributed by atoms with E-state index in [9.17, 15) is 9.59 Å². The third kappa shape index (κ3) is 1.57. The van der Waals surface area contributed by atoms with Crippen molar-refractivity contribution < 1.29 is 9.59 Å². The predicted molar refractivity (Wildman–Crippen MR) is 67.5 cm³/mol. The van der Waals surface area contributed by atoms with Gasteiger partial charge in [-0.3, -0.25) is 14.9 Å². The van der Waals surface area contributed by atoms with Crippen LogP contribution in [-0.2, 0) is 9.59 Å². The molecule has 0 fully saturated rings. The second-order valence-corrected chi connectivity index (χ2v) is 3.94. The summed E-state index contributed by atoms with van der Waals surface area (Å²) in [5, 5.41) is 6.22. The number of fused-ring (bicyclic) bond motifs is 1. The van der Waals surface area contributed by atoms with E-state index in [2.05, 4.69) is 20.3 Å². The predicted octanol–water partition coefficient (Wildman–Crippen LogP) is 1.85. The summed E-state index contributed by atoms with van der Waals surface area (Å²) in [6.45, 7) is 0. The number of carbonyl (C=O) groups is 2. The lowest BCUT2D eigenvalue weighted by atomic mass is 10.0. The van der Waals surface area contributed by atoms with E-state index in [1.807, 2.05) is 24.3 Å². The highest BCUT2D eigenvalue weighted by molar-refractivity contribution is 6.37. The van der Waals surface area contributed by atoms with Crippen LogP contribution in [0, 0.1) is 0 Å². The summed E-state index contributed by atoms with van der Waals surface area (Å²) in [6.07, 6.45) is 1.62. The highest BCUT2D eigenvalue weighted by atomic mass is 16.2. The lowest BCUT2D eigenvalue weighted by molar-refractivity contribution is -0.123. The smallest absolute Gasteiger partial charge is 0.261 e. The van der Waals surface area contributed by atoms with Gasteiger partial charge in [-0.1, -0.05) is 23.3 Å². The number of benzene rings is 1. The molecule has 0 unspecified atom stereocenters. The number of H-pyrrole nitrogens is 1. The molecule has 7 nitrogen and oxygen atoms in total. The number of nitrogens with one attached hydrogen (secondary N) is 2. The van der Waals surface area contributed by atoms with Crippen LogP contribution >= 0.6 is 0 Å². The Labute approximate surface area is 106 Å². The van der Waals surface area contributed by atoms with Gasteiger partial charge >= 0.3 is 0 Å². The minimum Gasteiger partial charge on any atom is -0.361 e. The molecule has 1 aromatic heterocycles. The minimum absolute atomic E-state index is 0.0975. The third-order valence-electron chi connectivity index (χ3n) is 2.91. The molecule has 3 rings (SSSR count). The van der Waals surface area contributed by atoms with E-state index in [0.29, 0.717) is 5.56 Å². The lowest BCUT2D eigenvalue weighted by Gasteiger charge is -1.98. The molecule has 1 aliphatic heterocycles. The second-order valence-electron chi connectivity index (χ2n) is 3.94. The first-order valence-electron chi connectivity index (χ1n) is 5.44. The topological polar surface area (TPSA) is 111 Å². The second kappa shape index (κ2) is 4.01. The number of carbonyl (C=O) groups excluding carboxylic acids is 2. The molecule has 1 aliphatic rings. The fourth-order valence-corrected chi connectivity index (χ4v) is 2.11. The molecule has 2 aromatic rings. The molecule has 0 spiro atoms. The number of amides is 2. The fraction of sp³-hybridized carbons (Fsp3) is 0. The van der Waals surface area contributed by atoms with Gasteiger partial charge in [-0.25, -0.2) is 0 Å². The first kappa shape index (κ1) is 11.1. The summed E-state index contributed by atoms with van der Waals surface area (Å²) < 4.78 is 0. The van der Waals surface area contributed by atoms with Crippen molar-refractivity contribution in [3.8, 4) is 0 Å². The van der Waals surface area contributed by atoms with Gasteiger partial charge in [-0.15, -0.1) is 0 Å². The van der Waals surface area contributed by atoms with E-state index in [-0.39, 0.29) is 11.3 Å². The number of para-hydroxylation sites is 1. The molecule has 0 saturated carbocycles. The van der Waals surface area contributed by atoms with Gasteiger partial charge in [0.05, 0.1) is 5.57 Å². The highest BCUT2D eigenvalue weighted by Gasteiger charge is 2.31. The maximum absolute atomic E-state index is 11.8. The molecule has 7 heteroatoms. The van der Waals surface area contributed by atoms with Gasteiger partial charge in [0.25, 0.3) is 11.8 Å². The molecular weight excluding hydrogens is 246 g/mol. The number of hydrogen-bond acceptors (Lipinski definition) is 3. The number of azide groups is 1.